The largest absolute Gasteiger partial charge is 0.481 e. The van der Waals surface area contributed by atoms with E-state index in [1.54, 1.807) is 18.2 Å². The summed E-state index contributed by atoms with van der Waals surface area (Å²) in [5, 5.41) is 21.5. The minimum absolute atomic E-state index is 0.0899. The summed E-state index contributed by atoms with van der Waals surface area (Å²) >= 11 is 6.05. The summed E-state index contributed by atoms with van der Waals surface area (Å²) < 4.78 is 0. The summed E-state index contributed by atoms with van der Waals surface area (Å²) in [5.74, 6) is -1.13. The molecule has 1 saturated carbocycles. The van der Waals surface area contributed by atoms with E-state index in [1.165, 1.54) is 0 Å². The molecule has 2 N–H and O–H groups in total. The minimum atomic E-state index is -0.769. The maximum absolute atomic E-state index is 11.1. The van der Waals surface area contributed by atoms with Gasteiger partial charge in [-0.2, -0.15) is 5.26 Å². The van der Waals surface area contributed by atoms with E-state index < -0.39 is 5.97 Å². The quantitative estimate of drug-likeness (QED) is 0.880. The van der Waals surface area contributed by atoms with E-state index in [-0.39, 0.29) is 12.0 Å². The van der Waals surface area contributed by atoms with Gasteiger partial charge in [0.15, 0.2) is 0 Å². The number of hydrogen-bond donors (Lipinski definition) is 2. The van der Waals surface area contributed by atoms with E-state index in [1.807, 2.05) is 6.07 Å². The maximum Gasteiger partial charge on any atom is 0.308 e. The molecule has 1 aliphatic carbocycles. The number of nitriles is 1. The van der Waals surface area contributed by atoms with Crippen LogP contribution in [0, 0.1) is 17.2 Å². The Bertz CT molecular complexity index is 510. The van der Waals surface area contributed by atoms with E-state index >= 15 is 0 Å². The maximum atomic E-state index is 11.1. The van der Waals surface area contributed by atoms with Crippen molar-refractivity contribution in [1.29, 1.82) is 5.26 Å². The molecule has 94 valence electrons. The molecule has 0 aromatic heterocycles. The van der Waals surface area contributed by atoms with Gasteiger partial charge in [-0.3, -0.25) is 4.79 Å². The Balaban J connectivity index is 2.14. The van der Waals surface area contributed by atoms with Gasteiger partial charge in [-0.05, 0) is 31.0 Å². The SMILES string of the molecule is N#Cc1ccc(NC2CCCC2C(=O)O)c(Cl)c1. The number of aliphatic carboxylic acids is 1. The Morgan fingerprint density at radius 2 is 2.28 bits per heavy atom. The van der Waals surface area contributed by atoms with Gasteiger partial charge in [-0.1, -0.05) is 18.0 Å². The van der Waals surface area contributed by atoms with Gasteiger partial charge >= 0.3 is 5.97 Å². The first-order valence-electron chi connectivity index (χ1n) is 5.81. The molecular formula is C13H13ClN2O2. The molecule has 0 amide bonds. The Labute approximate surface area is 110 Å². The lowest BCUT2D eigenvalue weighted by atomic mass is 10.0. The Kier molecular flexibility index (Phi) is 3.73. The van der Waals surface area contributed by atoms with Crippen LogP contribution in [-0.2, 0) is 4.79 Å². The van der Waals surface area contributed by atoms with Gasteiger partial charge in [0, 0.05) is 6.04 Å². The van der Waals surface area contributed by atoms with Gasteiger partial charge in [0.1, 0.15) is 0 Å². The number of benzene rings is 1. The monoisotopic (exact) mass is 264 g/mol. The van der Waals surface area contributed by atoms with E-state index in [2.05, 4.69) is 5.32 Å². The van der Waals surface area contributed by atoms with Crippen molar-refractivity contribution in [3.63, 3.8) is 0 Å². The smallest absolute Gasteiger partial charge is 0.308 e. The first kappa shape index (κ1) is 12.7. The van der Waals surface area contributed by atoms with Crippen LogP contribution in [0.2, 0.25) is 5.02 Å². The molecule has 0 bridgehead atoms. The fourth-order valence-corrected chi connectivity index (χ4v) is 2.56. The number of nitrogens with zero attached hydrogens (tertiary/aromatic N) is 1. The minimum Gasteiger partial charge on any atom is -0.481 e. The van der Waals surface area contributed by atoms with Gasteiger partial charge in [0.25, 0.3) is 0 Å². The highest BCUT2D eigenvalue weighted by Gasteiger charge is 2.33. The van der Waals surface area contributed by atoms with Crippen LogP contribution in [0.4, 0.5) is 5.69 Å². The molecule has 0 radical (unpaired) electrons. The molecule has 0 heterocycles. The molecular weight excluding hydrogens is 252 g/mol. The van der Waals surface area contributed by atoms with E-state index in [4.69, 9.17) is 22.0 Å². The van der Waals surface area contributed by atoms with Crippen molar-refractivity contribution in [2.75, 3.05) is 5.32 Å². The molecule has 2 unspecified atom stereocenters. The van der Waals surface area contributed by atoms with Gasteiger partial charge < -0.3 is 10.4 Å². The van der Waals surface area contributed by atoms with Crippen LogP contribution in [0.5, 0.6) is 0 Å². The van der Waals surface area contributed by atoms with Crippen molar-refractivity contribution < 1.29 is 9.90 Å². The average Bonchev–Trinajstić information content (AvgIpc) is 2.80. The lowest BCUT2D eigenvalue weighted by molar-refractivity contribution is -0.141. The number of nitrogens with one attached hydrogen (secondary N) is 1. The summed E-state index contributed by atoms with van der Waals surface area (Å²) in [5.41, 5.74) is 1.18. The topological polar surface area (TPSA) is 73.1 Å². The van der Waals surface area contributed by atoms with E-state index in [0.29, 0.717) is 22.7 Å². The Morgan fingerprint density at radius 1 is 1.50 bits per heavy atom. The molecule has 2 atom stereocenters. The van der Waals surface area contributed by atoms with Crippen LogP contribution in [0.1, 0.15) is 24.8 Å². The van der Waals surface area contributed by atoms with Gasteiger partial charge in [0.05, 0.1) is 28.3 Å². The van der Waals surface area contributed by atoms with Crippen LogP contribution < -0.4 is 5.32 Å². The molecule has 4 nitrogen and oxygen atoms in total. The first-order chi connectivity index (χ1) is 8.61. The normalized spacial score (nSPS) is 22.4. The Morgan fingerprint density at radius 3 is 2.89 bits per heavy atom. The van der Waals surface area contributed by atoms with E-state index in [9.17, 15) is 4.79 Å². The molecule has 1 fully saturated rings. The van der Waals surface area contributed by atoms with Gasteiger partial charge in [-0.15, -0.1) is 0 Å². The molecule has 18 heavy (non-hydrogen) atoms. The molecule has 1 aliphatic rings. The summed E-state index contributed by atoms with van der Waals surface area (Å²) in [4.78, 5) is 11.1. The molecule has 1 aromatic rings. The van der Waals surface area contributed by atoms with Crippen LogP contribution >= 0.6 is 11.6 Å². The number of anilines is 1. The number of carboxylic acid groups (broad SMARTS) is 1. The second-order valence-electron chi connectivity index (χ2n) is 4.43. The second-order valence-corrected chi connectivity index (χ2v) is 4.84. The summed E-state index contributed by atoms with van der Waals surface area (Å²) in [6.07, 6.45) is 2.43. The van der Waals surface area contributed by atoms with Gasteiger partial charge in [-0.25, -0.2) is 0 Å². The van der Waals surface area contributed by atoms with Crippen LogP contribution in [0.3, 0.4) is 0 Å². The lowest BCUT2D eigenvalue weighted by Gasteiger charge is -2.19. The fourth-order valence-electron chi connectivity index (χ4n) is 2.33. The molecule has 1 aromatic carbocycles. The van der Waals surface area contributed by atoms with Crippen molar-refractivity contribution in [2.24, 2.45) is 5.92 Å². The summed E-state index contributed by atoms with van der Waals surface area (Å²) in [6, 6.07) is 6.88. The van der Waals surface area contributed by atoms with Crippen LogP contribution in [0.25, 0.3) is 0 Å². The highest BCUT2D eigenvalue weighted by atomic mass is 35.5. The number of rotatable bonds is 3. The molecule has 0 aliphatic heterocycles. The predicted molar refractivity (Wildman–Crippen MR) is 68.6 cm³/mol. The predicted octanol–water partition coefficient (Wildman–Crippen LogP) is 2.88. The summed E-state index contributed by atoms with van der Waals surface area (Å²) in [7, 11) is 0. The Hall–Kier alpha value is -1.73. The third-order valence-corrected chi connectivity index (χ3v) is 3.58. The zero-order valence-corrected chi connectivity index (χ0v) is 10.4. The van der Waals surface area contributed by atoms with Crippen molar-refractivity contribution in [3.05, 3.63) is 28.8 Å². The molecule has 5 heteroatoms. The van der Waals surface area contributed by atoms with Gasteiger partial charge in [0.2, 0.25) is 0 Å². The van der Waals surface area contributed by atoms with E-state index in [0.717, 1.165) is 12.8 Å². The van der Waals surface area contributed by atoms with Crippen molar-refractivity contribution >= 4 is 23.3 Å². The number of carbonyl (C=O) groups is 1. The third-order valence-electron chi connectivity index (χ3n) is 3.27. The second kappa shape index (κ2) is 5.28. The zero-order chi connectivity index (χ0) is 13.1. The van der Waals surface area contributed by atoms with Crippen molar-refractivity contribution in [3.8, 4) is 6.07 Å². The zero-order valence-electron chi connectivity index (χ0n) is 9.69. The standard InChI is InChI=1S/C13H13ClN2O2/c14-10-6-8(7-15)4-5-12(10)16-11-3-1-2-9(11)13(17)18/h4-6,9,11,16H,1-3H2,(H,17,18). The molecule has 0 saturated heterocycles. The van der Waals surface area contributed by atoms with Crippen LogP contribution in [-0.4, -0.2) is 17.1 Å². The number of carboxylic acids is 1. The third kappa shape index (κ3) is 2.57. The first-order valence-corrected chi connectivity index (χ1v) is 6.18. The van der Waals surface area contributed by atoms with Crippen molar-refractivity contribution in [1.82, 2.24) is 0 Å². The van der Waals surface area contributed by atoms with Crippen molar-refractivity contribution in [2.45, 2.75) is 25.3 Å². The average molecular weight is 265 g/mol. The summed E-state index contributed by atoms with van der Waals surface area (Å²) in [6.45, 7) is 0. The highest BCUT2D eigenvalue weighted by Crippen LogP contribution is 2.31. The molecule has 2 rings (SSSR count). The highest BCUT2D eigenvalue weighted by molar-refractivity contribution is 6.33. The number of hydrogen-bond acceptors (Lipinski definition) is 3. The lowest BCUT2D eigenvalue weighted by Crippen LogP contribution is -2.29. The fraction of sp³-hybridized carbons (Fsp3) is 0.385. The molecule has 0 spiro atoms. The van der Waals surface area contributed by atoms with Crippen LogP contribution in [0.15, 0.2) is 18.2 Å². The number of halogens is 1.